The number of nitrogens with zero attached hydrogens (tertiary/aromatic N) is 3. The first-order valence-electron chi connectivity index (χ1n) is 8.75. The van der Waals surface area contributed by atoms with E-state index < -0.39 is 0 Å². The average molecular weight is 398 g/mol. The van der Waals surface area contributed by atoms with E-state index in [0.717, 1.165) is 5.56 Å². The number of hydrogen-bond donors (Lipinski definition) is 2. The molecule has 0 atom stereocenters. The fraction of sp³-hybridized carbons (Fsp3) is 0.200. The molecule has 2 amide bonds. The van der Waals surface area contributed by atoms with Crippen LogP contribution >= 0.6 is 11.6 Å². The van der Waals surface area contributed by atoms with Crippen molar-refractivity contribution >= 4 is 29.1 Å². The number of amides is 2. The summed E-state index contributed by atoms with van der Waals surface area (Å²) in [5.74, 6) is -0.599. The first-order valence-corrected chi connectivity index (χ1v) is 9.13. The Balaban J connectivity index is 1.75. The lowest BCUT2D eigenvalue weighted by Gasteiger charge is -2.14. The van der Waals surface area contributed by atoms with Gasteiger partial charge in [-0.25, -0.2) is 9.67 Å². The van der Waals surface area contributed by atoms with Crippen LogP contribution in [-0.2, 0) is 6.54 Å². The number of nitrogens with one attached hydrogen (secondary N) is 2. The number of benzene rings is 2. The molecule has 2 N–H and O–H groups in total. The third-order valence-electron chi connectivity index (χ3n) is 3.92. The van der Waals surface area contributed by atoms with E-state index in [2.05, 4.69) is 20.7 Å². The lowest BCUT2D eigenvalue weighted by Crippen LogP contribution is -2.31. The van der Waals surface area contributed by atoms with Crippen molar-refractivity contribution in [2.24, 2.45) is 0 Å². The second kappa shape index (κ2) is 8.67. The summed E-state index contributed by atoms with van der Waals surface area (Å²) in [5, 5.41) is 10.1. The quantitative estimate of drug-likeness (QED) is 0.667. The van der Waals surface area contributed by atoms with Crippen LogP contribution in [0.3, 0.4) is 0 Å². The molecule has 0 spiro atoms. The number of hydrogen-bond acceptors (Lipinski definition) is 4. The maximum absolute atomic E-state index is 12.6. The number of carbonyl (C=O) groups excluding carboxylic acids is 2. The minimum Gasteiger partial charge on any atom is -0.350 e. The van der Waals surface area contributed by atoms with Gasteiger partial charge >= 0.3 is 0 Å². The van der Waals surface area contributed by atoms with Crippen molar-refractivity contribution in [3.8, 4) is 0 Å². The van der Waals surface area contributed by atoms with Crippen LogP contribution in [0.2, 0.25) is 5.02 Å². The molecule has 1 heterocycles. The molecule has 2 aromatic carbocycles. The third-order valence-corrected chi connectivity index (χ3v) is 4.16. The molecule has 3 aromatic rings. The smallest absolute Gasteiger partial charge is 0.255 e. The van der Waals surface area contributed by atoms with Gasteiger partial charge in [0.25, 0.3) is 11.8 Å². The Kier molecular flexibility index (Phi) is 6.06. The Morgan fingerprint density at radius 2 is 1.86 bits per heavy atom. The van der Waals surface area contributed by atoms with E-state index in [-0.39, 0.29) is 17.9 Å². The van der Waals surface area contributed by atoms with Crippen LogP contribution in [0.15, 0.2) is 55.1 Å². The normalized spacial score (nSPS) is 10.7. The zero-order chi connectivity index (χ0) is 20.1. The summed E-state index contributed by atoms with van der Waals surface area (Å²) < 4.78 is 1.70. The van der Waals surface area contributed by atoms with Gasteiger partial charge in [0, 0.05) is 16.6 Å². The van der Waals surface area contributed by atoms with Gasteiger partial charge in [-0.15, -0.1) is 0 Å². The Morgan fingerprint density at radius 3 is 2.50 bits per heavy atom. The van der Waals surface area contributed by atoms with Crippen molar-refractivity contribution in [3.05, 3.63) is 76.8 Å². The van der Waals surface area contributed by atoms with E-state index in [1.54, 1.807) is 41.3 Å². The molecule has 0 saturated heterocycles. The molecule has 0 fully saturated rings. The predicted molar refractivity (Wildman–Crippen MR) is 108 cm³/mol. The summed E-state index contributed by atoms with van der Waals surface area (Å²) >= 11 is 6.05. The fourth-order valence-electron chi connectivity index (χ4n) is 2.62. The number of aromatic nitrogens is 3. The van der Waals surface area contributed by atoms with Gasteiger partial charge in [0.2, 0.25) is 0 Å². The molecule has 28 heavy (non-hydrogen) atoms. The topological polar surface area (TPSA) is 88.9 Å². The zero-order valence-corrected chi connectivity index (χ0v) is 16.3. The molecule has 144 valence electrons. The molecule has 0 aliphatic heterocycles. The van der Waals surface area contributed by atoms with Gasteiger partial charge in [-0.1, -0.05) is 23.7 Å². The molecular formula is C20H20ClN5O2. The molecule has 7 nitrogen and oxygen atoms in total. The highest BCUT2D eigenvalue weighted by Crippen LogP contribution is 2.22. The standard InChI is InChI=1S/C20H20ClN5O2/c1-13(2)24-20(28)17-8-7-16(21)9-18(17)25-19(27)15-5-3-14(4-6-15)10-26-12-22-11-23-26/h3-9,11-13H,10H2,1-2H3,(H,24,28)(H,25,27). The molecule has 0 bridgehead atoms. The summed E-state index contributed by atoms with van der Waals surface area (Å²) in [6, 6.07) is 11.9. The van der Waals surface area contributed by atoms with Crippen LogP contribution in [0.1, 0.15) is 40.1 Å². The van der Waals surface area contributed by atoms with E-state index in [4.69, 9.17) is 11.6 Å². The van der Waals surface area contributed by atoms with Gasteiger partial charge in [-0.2, -0.15) is 5.10 Å². The molecule has 0 radical (unpaired) electrons. The summed E-state index contributed by atoms with van der Waals surface area (Å²) in [4.78, 5) is 28.9. The van der Waals surface area contributed by atoms with Crippen molar-refractivity contribution in [1.82, 2.24) is 20.1 Å². The van der Waals surface area contributed by atoms with Gasteiger partial charge in [0.05, 0.1) is 17.8 Å². The summed E-state index contributed by atoms with van der Waals surface area (Å²) in [6.45, 7) is 4.30. The van der Waals surface area contributed by atoms with E-state index in [1.165, 1.54) is 6.33 Å². The average Bonchev–Trinajstić information content (AvgIpc) is 3.14. The Bertz CT molecular complexity index is 969. The van der Waals surface area contributed by atoms with Crippen LogP contribution in [0.5, 0.6) is 0 Å². The van der Waals surface area contributed by atoms with E-state index in [9.17, 15) is 9.59 Å². The summed E-state index contributed by atoms with van der Waals surface area (Å²) in [6.07, 6.45) is 3.10. The largest absolute Gasteiger partial charge is 0.350 e. The monoisotopic (exact) mass is 397 g/mol. The van der Waals surface area contributed by atoms with Gasteiger partial charge < -0.3 is 10.6 Å². The first kappa shape index (κ1) is 19.6. The Morgan fingerprint density at radius 1 is 1.11 bits per heavy atom. The van der Waals surface area contributed by atoms with Gasteiger partial charge in [-0.05, 0) is 49.7 Å². The van der Waals surface area contributed by atoms with Crippen LogP contribution in [0, 0.1) is 0 Å². The van der Waals surface area contributed by atoms with Gasteiger partial charge in [0.1, 0.15) is 12.7 Å². The van der Waals surface area contributed by atoms with Crippen LogP contribution in [-0.4, -0.2) is 32.6 Å². The predicted octanol–water partition coefficient (Wildman–Crippen LogP) is 3.37. The maximum atomic E-state index is 12.6. The number of anilines is 1. The highest BCUT2D eigenvalue weighted by Gasteiger charge is 2.16. The minimum atomic E-state index is -0.326. The zero-order valence-electron chi connectivity index (χ0n) is 15.5. The van der Waals surface area contributed by atoms with Gasteiger partial charge in [-0.3, -0.25) is 9.59 Å². The van der Waals surface area contributed by atoms with Crippen LogP contribution < -0.4 is 10.6 Å². The number of rotatable bonds is 6. The highest BCUT2D eigenvalue weighted by molar-refractivity contribution is 6.31. The minimum absolute atomic E-state index is 0.0238. The first-order chi connectivity index (χ1) is 13.4. The van der Waals surface area contributed by atoms with Crippen molar-refractivity contribution < 1.29 is 9.59 Å². The second-order valence-corrected chi connectivity index (χ2v) is 7.00. The van der Waals surface area contributed by atoms with Crippen molar-refractivity contribution in [2.75, 3.05) is 5.32 Å². The van der Waals surface area contributed by atoms with Crippen molar-refractivity contribution in [1.29, 1.82) is 0 Å². The lowest BCUT2D eigenvalue weighted by molar-refractivity contribution is 0.0944. The Hall–Kier alpha value is -3.19. The summed E-state index contributed by atoms with van der Waals surface area (Å²) in [5.41, 5.74) is 2.18. The van der Waals surface area contributed by atoms with E-state index >= 15 is 0 Å². The van der Waals surface area contributed by atoms with Crippen molar-refractivity contribution in [2.45, 2.75) is 26.4 Å². The van der Waals surface area contributed by atoms with E-state index in [1.807, 2.05) is 26.0 Å². The molecule has 0 aliphatic rings. The maximum Gasteiger partial charge on any atom is 0.255 e. The molecule has 0 aliphatic carbocycles. The molecule has 0 unspecified atom stereocenters. The lowest BCUT2D eigenvalue weighted by atomic mass is 10.1. The third kappa shape index (κ3) is 4.95. The van der Waals surface area contributed by atoms with E-state index in [0.29, 0.717) is 28.4 Å². The Labute approximate surface area is 167 Å². The molecule has 1 aromatic heterocycles. The van der Waals surface area contributed by atoms with Crippen LogP contribution in [0.25, 0.3) is 0 Å². The summed E-state index contributed by atoms with van der Waals surface area (Å²) in [7, 11) is 0. The molecule has 0 saturated carbocycles. The van der Waals surface area contributed by atoms with Crippen LogP contribution in [0.4, 0.5) is 5.69 Å². The number of carbonyl (C=O) groups is 2. The van der Waals surface area contributed by atoms with Gasteiger partial charge in [0.15, 0.2) is 0 Å². The number of halogens is 1. The molecule has 3 rings (SSSR count). The SMILES string of the molecule is CC(C)NC(=O)c1ccc(Cl)cc1NC(=O)c1ccc(Cn2cncn2)cc1. The molecular weight excluding hydrogens is 378 g/mol. The molecule has 8 heteroatoms. The highest BCUT2D eigenvalue weighted by atomic mass is 35.5. The second-order valence-electron chi connectivity index (χ2n) is 6.56. The fourth-order valence-corrected chi connectivity index (χ4v) is 2.79. The van der Waals surface area contributed by atoms with Crippen molar-refractivity contribution in [3.63, 3.8) is 0 Å².